The van der Waals surface area contributed by atoms with Gasteiger partial charge in [-0.2, -0.15) is 0 Å². The molecule has 0 aliphatic heterocycles. The van der Waals surface area contributed by atoms with Gasteiger partial charge in [0, 0.05) is 12.6 Å². The number of rotatable bonds is 9. The van der Waals surface area contributed by atoms with E-state index in [1.54, 1.807) is 0 Å². The molecule has 0 saturated carbocycles. The maximum atomic E-state index is 10.2. The summed E-state index contributed by atoms with van der Waals surface area (Å²) < 4.78 is 5.66. The van der Waals surface area contributed by atoms with Crippen molar-refractivity contribution in [1.82, 2.24) is 5.32 Å². The molecule has 0 saturated heterocycles. The summed E-state index contributed by atoms with van der Waals surface area (Å²) in [7, 11) is 0. The van der Waals surface area contributed by atoms with Gasteiger partial charge >= 0.3 is 0 Å². The molecule has 0 heterocycles. The molecular weight excluding hydrogens is 298 g/mol. The Morgan fingerprint density at radius 3 is 2.25 bits per heavy atom. The number of benzene rings is 2. The molecule has 0 fully saturated rings. The first-order chi connectivity index (χ1) is 11.6. The molecule has 2 rings (SSSR count). The van der Waals surface area contributed by atoms with Crippen molar-refractivity contribution in [2.24, 2.45) is 0 Å². The van der Waals surface area contributed by atoms with Crippen LogP contribution in [-0.2, 0) is 6.42 Å². The quantitative estimate of drug-likeness (QED) is 0.730. The van der Waals surface area contributed by atoms with Crippen LogP contribution in [0.4, 0.5) is 0 Å². The monoisotopic (exact) mass is 327 g/mol. The summed E-state index contributed by atoms with van der Waals surface area (Å²) in [5.41, 5.74) is 3.80. The minimum atomic E-state index is -0.532. The van der Waals surface area contributed by atoms with Crippen LogP contribution in [0.3, 0.4) is 0 Å². The van der Waals surface area contributed by atoms with Crippen molar-refractivity contribution in [2.45, 2.75) is 45.8 Å². The van der Waals surface area contributed by atoms with Crippen molar-refractivity contribution in [3.8, 4) is 5.75 Å². The lowest BCUT2D eigenvalue weighted by molar-refractivity contribution is 0.103. The van der Waals surface area contributed by atoms with E-state index >= 15 is 0 Å². The summed E-state index contributed by atoms with van der Waals surface area (Å²) in [6, 6.07) is 16.8. The molecule has 0 aliphatic carbocycles. The molecular formula is C21H29NO2. The van der Waals surface area contributed by atoms with E-state index in [0.29, 0.717) is 13.2 Å². The van der Waals surface area contributed by atoms with E-state index in [0.717, 1.165) is 18.6 Å². The lowest BCUT2D eigenvalue weighted by Gasteiger charge is -2.20. The van der Waals surface area contributed by atoms with Crippen LogP contribution in [0.25, 0.3) is 0 Å². The Balaban J connectivity index is 1.78. The van der Waals surface area contributed by atoms with Gasteiger partial charge in [-0.15, -0.1) is 0 Å². The highest BCUT2D eigenvalue weighted by molar-refractivity contribution is 5.27. The van der Waals surface area contributed by atoms with E-state index in [1.807, 2.05) is 12.1 Å². The predicted molar refractivity (Wildman–Crippen MR) is 99.5 cm³/mol. The van der Waals surface area contributed by atoms with Crippen LogP contribution in [0.15, 0.2) is 48.5 Å². The van der Waals surface area contributed by atoms with E-state index in [4.69, 9.17) is 4.74 Å². The Bertz CT molecular complexity index is 592. The number of ether oxygens (including phenoxy) is 1. The van der Waals surface area contributed by atoms with Gasteiger partial charge in [0.1, 0.15) is 18.5 Å². The zero-order chi connectivity index (χ0) is 17.4. The lowest BCUT2D eigenvalue weighted by Crippen LogP contribution is -2.33. The Kier molecular flexibility index (Phi) is 7.29. The second kappa shape index (κ2) is 9.45. The summed E-state index contributed by atoms with van der Waals surface area (Å²) in [6.07, 6.45) is 1.47. The maximum Gasteiger partial charge on any atom is 0.119 e. The van der Waals surface area contributed by atoms with Gasteiger partial charge in [0.2, 0.25) is 0 Å². The summed E-state index contributed by atoms with van der Waals surface area (Å²) in [4.78, 5) is 0. The Labute approximate surface area is 145 Å². The molecule has 2 atom stereocenters. The zero-order valence-corrected chi connectivity index (χ0v) is 15.0. The molecule has 0 spiro atoms. The van der Waals surface area contributed by atoms with Crippen molar-refractivity contribution in [1.29, 1.82) is 0 Å². The second-order valence-electron chi connectivity index (χ2n) is 6.24. The fraction of sp³-hybridized carbons (Fsp3) is 0.429. The van der Waals surface area contributed by atoms with Gasteiger partial charge in [0.15, 0.2) is 0 Å². The third-order valence-electron chi connectivity index (χ3n) is 4.26. The average Bonchev–Trinajstić information content (AvgIpc) is 2.62. The van der Waals surface area contributed by atoms with E-state index < -0.39 is 6.10 Å². The van der Waals surface area contributed by atoms with Crippen LogP contribution in [0.1, 0.15) is 43.0 Å². The molecule has 2 aromatic carbocycles. The van der Waals surface area contributed by atoms with E-state index in [-0.39, 0.29) is 6.04 Å². The Morgan fingerprint density at radius 2 is 1.67 bits per heavy atom. The van der Waals surface area contributed by atoms with Crippen LogP contribution in [0.5, 0.6) is 5.75 Å². The summed E-state index contributed by atoms with van der Waals surface area (Å²) in [5, 5.41) is 13.6. The molecule has 0 aromatic heterocycles. The standard InChI is InChI=1S/C21H29NO2/c1-4-17-8-12-20(13-9-17)24-15-19(23)14-22-21(5-2)18-10-6-16(3)7-11-18/h6-13,19,21-23H,4-5,14-15H2,1-3H3. The SMILES string of the molecule is CCc1ccc(OCC(O)CNC(CC)c2ccc(C)cc2)cc1. The predicted octanol–water partition coefficient (Wildman–Crippen LogP) is 4.04. The number of aliphatic hydroxyl groups is 1. The van der Waals surface area contributed by atoms with Crippen molar-refractivity contribution < 1.29 is 9.84 Å². The topological polar surface area (TPSA) is 41.5 Å². The molecule has 2 N–H and O–H groups in total. The highest BCUT2D eigenvalue weighted by Gasteiger charge is 2.12. The first-order valence-electron chi connectivity index (χ1n) is 8.82. The van der Waals surface area contributed by atoms with Gasteiger partial charge in [-0.05, 0) is 43.0 Å². The number of hydrogen-bond donors (Lipinski definition) is 2. The van der Waals surface area contributed by atoms with Gasteiger partial charge in [-0.3, -0.25) is 0 Å². The Morgan fingerprint density at radius 1 is 1.00 bits per heavy atom. The molecule has 2 aromatic rings. The van der Waals surface area contributed by atoms with Gasteiger partial charge in [0.25, 0.3) is 0 Å². The highest BCUT2D eigenvalue weighted by Crippen LogP contribution is 2.17. The van der Waals surface area contributed by atoms with Gasteiger partial charge < -0.3 is 15.2 Å². The fourth-order valence-corrected chi connectivity index (χ4v) is 2.65. The second-order valence-corrected chi connectivity index (χ2v) is 6.24. The van der Waals surface area contributed by atoms with Gasteiger partial charge in [-0.1, -0.05) is 55.8 Å². The first kappa shape index (κ1) is 18.5. The van der Waals surface area contributed by atoms with Crippen LogP contribution in [0.2, 0.25) is 0 Å². The van der Waals surface area contributed by atoms with Crippen molar-refractivity contribution >= 4 is 0 Å². The zero-order valence-electron chi connectivity index (χ0n) is 15.0. The minimum absolute atomic E-state index is 0.254. The van der Waals surface area contributed by atoms with E-state index in [9.17, 15) is 5.11 Å². The average molecular weight is 327 g/mol. The normalized spacial score (nSPS) is 13.5. The molecule has 0 aliphatic rings. The third-order valence-corrected chi connectivity index (χ3v) is 4.26. The smallest absolute Gasteiger partial charge is 0.119 e. The first-order valence-corrected chi connectivity index (χ1v) is 8.82. The largest absolute Gasteiger partial charge is 0.491 e. The molecule has 0 amide bonds. The molecule has 24 heavy (non-hydrogen) atoms. The molecule has 3 nitrogen and oxygen atoms in total. The van der Waals surface area contributed by atoms with Crippen molar-refractivity contribution in [3.05, 3.63) is 65.2 Å². The van der Waals surface area contributed by atoms with Gasteiger partial charge in [0.05, 0.1) is 0 Å². The van der Waals surface area contributed by atoms with E-state index in [2.05, 4.69) is 62.5 Å². The highest BCUT2D eigenvalue weighted by atomic mass is 16.5. The fourth-order valence-electron chi connectivity index (χ4n) is 2.65. The van der Waals surface area contributed by atoms with Crippen LogP contribution in [-0.4, -0.2) is 24.4 Å². The maximum absolute atomic E-state index is 10.2. The van der Waals surface area contributed by atoms with E-state index in [1.165, 1.54) is 16.7 Å². The molecule has 130 valence electrons. The summed E-state index contributed by atoms with van der Waals surface area (Å²) in [6.45, 7) is 7.17. The summed E-state index contributed by atoms with van der Waals surface area (Å²) in [5.74, 6) is 0.803. The minimum Gasteiger partial charge on any atom is -0.491 e. The lowest BCUT2D eigenvalue weighted by atomic mass is 10.0. The van der Waals surface area contributed by atoms with Crippen LogP contribution in [0, 0.1) is 6.92 Å². The number of nitrogens with one attached hydrogen (secondary N) is 1. The van der Waals surface area contributed by atoms with Crippen molar-refractivity contribution in [2.75, 3.05) is 13.2 Å². The van der Waals surface area contributed by atoms with Crippen molar-refractivity contribution in [3.63, 3.8) is 0 Å². The molecule has 0 radical (unpaired) electrons. The Hall–Kier alpha value is -1.84. The molecule has 3 heteroatoms. The number of aryl methyl sites for hydroxylation is 2. The third kappa shape index (κ3) is 5.66. The number of hydrogen-bond acceptors (Lipinski definition) is 3. The van der Waals surface area contributed by atoms with Gasteiger partial charge in [-0.25, -0.2) is 0 Å². The number of aliphatic hydroxyl groups excluding tert-OH is 1. The summed E-state index contributed by atoms with van der Waals surface area (Å²) >= 11 is 0. The van der Waals surface area contributed by atoms with Crippen LogP contribution < -0.4 is 10.1 Å². The molecule has 2 unspecified atom stereocenters. The van der Waals surface area contributed by atoms with Crippen LogP contribution >= 0.6 is 0 Å². The molecule has 0 bridgehead atoms.